The Labute approximate surface area is 89.4 Å². The minimum Gasteiger partial charge on any atom is -0.300 e. The van der Waals surface area contributed by atoms with Gasteiger partial charge in [-0.05, 0) is 57.8 Å². The molecule has 0 aromatic heterocycles. The summed E-state index contributed by atoms with van der Waals surface area (Å²) >= 11 is 6.70. The second kappa shape index (κ2) is 6.38. The summed E-state index contributed by atoms with van der Waals surface area (Å²) < 4.78 is 2.19. The molecule has 0 fully saturated rings. The maximum Gasteiger partial charge on any atom is 0.126 e. The lowest BCUT2D eigenvalue weighted by Crippen LogP contribution is -1.69. The van der Waals surface area contributed by atoms with Gasteiger partial charge in [-0.25, -0.2) is 0 Å². The molecule has 0 unspecified atom stereocenters. The number of halogens is 2. The van der Waals surface area contributed by atoms with Gasteiger partial charge in [0.25, 0.3) is 0 Å². The SMILES string of the molecule is Brc1ccccc1Br.CC(C)=O. The monoisotopic (exact) mass is 292 g/mol. The normalized spacial score (nSPS) is 8.33. The summed E-state index contributed by atoms with van der Waals surface area (Å²) in [5, 5.41) is 0. The molecule has 0 aliphatic rings. The van der Waals surface area contributed by atoms with Crippen LogP contribution in [-0.2, 0) is 4.79 Å². The maximum absolute atomic E-state index is 9.44. The molecule has 0 bridgehead atoms. The Kier molecular flexibility index (Phi) is 6.30. The summed E-state index contributed by atoms with van der Waals surface area (Å²) in [5.74, 6) is 0.167. The summed E-state index contributed by atoms with van der Waals surface area (Å²) in [6, 6.07) is 7.94. The number of rotatable bonds is 0. The number of benzene rings is 1. The van der Waals surface area contributed by atoms with Crippen LogP contribution in [0, 0.1) is 0 Å². The summed E-state index contributed by atoms with van der Waals surface area (Å²) in [6.45, 7) is 3.06. The smallest absolute Gasteiger partial charge is 0.126 e. The number of carbonyl (C=O) groups is 1. The van der Waals surface area contributed by atoms with Crippen LogP contribution in [0.15, 0.2) is 33.2 Å². The number of hydrogen-bond acceptors (Lipinski definition) is 1. The van der Waals surface area contributed by atoms with Crippen molar-refractivity contribution in [1.29, 1.82) is 0 Å². The molecule has 0 saturated carbocycles. The van der Waals surface area contributed by atoms with Crippen LogP contribution in [0.25, 0.3) is 0 Å². The van der Waals surface area contributed by atoms with Crippen molar-refractivity contribution >= 4 is 37.6 Å². The van der Waals surface area contributed by atoms with Crippen LogP contribution in [0.1, 0.15) is 13.8 Å². The highest BCUT2D eigenvalue weighted by Gasteiger charge is 1.88. The van der Waals surface area contributed by atoms with Crippen LogP contribution < -0.4 is 0 Å². The molecular formula is C9H10Br2O. The van der Waals surface area contributed by atoms with Crippen LogP contribution in [0.4, 0.5) is 0 Å². The fourth-order valence-corrected chi connectivity index (χ4v) is 1.01. The average molecular weight is 294 g/mol. The van der Waals surface area contributed by atoms with E-state index in [-0.39, 0.29) is 5.78 Å². The Morgan fingerprint density at radius 3 is 1.50 bits per heavy atom. The quantitative estimate of drug-likeness (QED) is 0.711. The van der Waals surface area contributed by atoms with Gasteiger partial charge in [-0.1, -0.05) is 12.1 Å². The van der Waals surface area contributed by atoms with Gasteiger partial charge in [0, 0.05) is 8.95 Å². The summed E-state index contributed by atoms with van der Waals surface area (Å²) in [5.41, 5.74) is 0. The van der Waals surface area contributed by atoms with Crippen molar-refractivity contribution in [3.63, 3.8) is 0 Å². The summed E-state index contributed by atoms with van der Waals surface area (Å²) in [6.07, 6.45) is 0. The van der Waals surface area contributed by atoms with Gasteiger partial charge >= 0.3 is 0 Å². The van der Waals surface area contributed by atoms with Crippen molar-refractivity contribution < 1.29 is 4.79 Å². The summed E-state index contributed by atoms with van der Waals surface area (Å²) in [7, 11) is 0. The van der Waals surface area contributed by atoms with Crippen LogP contribution in [0.2, 0.25) is 0 Å². The lowest BCUT2D eigenvalue weighted by molar-refractivity contribution is -0.114. The molecule has 0 aliphatic carbocycles. The Balaban J connectivity index is 0.000000261. The number of carbonyl (C=O) groups excluding carboxylic acids is 1. The first-order valence-corrected chi connectivity index (χ1v) is 5.00. The molecule has 1 aromatic carbocycles. The van der Waals surface area contributed by atoms with Gasteiger partial charge in [-0.2, -0.15) is 0 Å². The summed E-state index contributed by atoms with van der Waals surface area (Å²) in [4.78, 5) is 9.44. The molecule has 0 spiro atoms. The van der Waals surface area contributed by atoms with E-state index in [0.29, 0.717) is 0 Å². The van der Waals surface area contributed by atoms with Crippen LogP contribution >= 0.6 is 31.9 Å². The third kappa shape index (κ3) is 6.55. The zero-order valence-corrected chi connectivity index (χ0v) is 10.1. The van der Waals surface area contributed by atoms with E-state index < -0.39 is 0 Å². The molecule has 0 amide bonds. The van der Waals surface area contributed by atoms with Crippen LogP contribution in [0.3, 0.4) is 0 Å². The van der Waals surface area contributed by atoms with Gasteiger partial charge in [0.1, 0.15) is 5.78 Å². The zero-order chi connectivity index (χ0) is 9.56. The minimum atomic E-state index is 0.167. The Morgan fingerprint density at radius 2 is 1.33 bits per heavy atom. The molecule has 0 heterocycles. The minimum absolute atomic E-state index is 0.167. The molecule has 3 heteroatoms. The lowest BCUT2D eigenvalue weighted by atomic mass is 10.4. The van der Waals surface area contributed by atoms with Crippen LogP contribution in [0.5, 0.6) is 0 Å². The first-order valence-electron chi connectivity index (χ1n) is 3.41. The first-order chi connectivity index (χ1) is 5.54. The third-order valence-corrected chi connectivity index (χ3v) is 2.74. The zero-order valence-electron chi connectivity index (χ0n) is 6.97. The maximum atomic E-state index is 9.44. The van der Waals surface area contributed by atoms with Gasteiger partial charge in [0.2, 0.25) is 0 Å². The second-order valence-corrected chi connectivity index (χ2v) is 4.03. The predicted molar refractivity (Wildman–Crippen MR) is 58.2 cm³/mol. The van der Waals surface area contributed by atoms with Gasteiger partial charge in [-0.3, -0.25) is 0 Å². The van der Waals surface area contributed by atoms with Crippen molar-refractivity contribution in [2.75, 3.05) is 0 Å². The molecule has 0 aliphatic heterocycles. The van der Waals surface area contributed by atoms with E-state index in [1.807, 2.05) is 24.3 Å². The average Bonchev–Trinajstić information content (AvgIpc) is 1.94. The Morgan fingerprint density at radius 1 is 1.08 bits per heavy atom. The molecule has 0 radical (unpaired) electrons. The van der Waals surface area contributed by atoms with Gasteiger partial charge in [-0.15, -0.1) is 0 Å². The van der Waals surface area contributed by atoms with Crippen molar-refractivity contribution in [2.24, 2.45) is 0 Å². The van der Waals surface area contributed by atoms with E-state index in [1.54, 1.807) is 0 Å². The number of ketones is 1. The molecule has 0 saturated heterocycles. The molecule has 12 heavy (non-hydrogen) atoms. The highest BCUT2D eigenvalue weighted by atomic mass is 79.9. The molecule has 1 nitrogen and oxygen atoms in total. The van der Waals surface area contributed by atoms with E-state index in [9.17, 15) is 4.79 Å². The molecule has 0 N–H and O–H groups in total. The molecule has 66 valence electrons. The number of hydrogen-bond donors (Lipinski definition) is 0. The van der Waals surface area contributed by atoms with Crippen molar-refractivity contribution in [1.82, 2.24) is 0 Å². The van der Waals surface area contributed by atoms with E-state index in [2.05, 4.69) is 31.9 Å². The topological polar surface area (TPSA) is 17.1 Å². The standard InChI is InChI=1S/C6H4Br2.C3H6O/c7-5-3-1-2-4-6(5)8;1-3(2)4/h1-4H;1-2H3. The largest absolute Gasteiger partial charge is 0.300 e. The highest BCUT2D eigenvalue weighted by molar-refractivity contribution is 9.13. The van der Waals surface area contributed by atoms with Crippen molar-refractivity contribution in [2.45, 2.75) is 13.8 Å². The highest BCUT2D eigenvalue weighted by Crippen LogP contribution is 2.20. The first kappa shape index (κ1) is 11.8. The molecule has 1 rings (SSSR count). The van der Waals surface area contributed by atoms with E-state index in [4.69, 9.17) is 0 Å². The third-order valence-electron chi connectivity index (χ3n) is 0.824. The Hall–Kier alpha value is -0.150. The van der Waals surface area contributed by atoms with E-state index in [1.165, 1.54) is 13.8 Å². The lowest BCUT2D eigenvalue weighted by Gasteiger charge is -1.89. The second-order valence-electron chi connectivity index (χ2n) is 2.32. The van der Waals surface area contributed by atoms with Crippen molar-refractivity contribution in [3.8, 4) is 0 Å². The molecular weight excluding hydrogens is 284 g/mol. The Bertz CT molecular complexity index is 233. The van der Waals surface area contributed by atoms with E-state index >= 15 is 0 Å². The fraction of sp³-hybridized carbons (Fsp3) is 0.222. The number of Topliss-reactive ketones (excluding diaryl/α,β-unsaturated/α-hetero) is 1. The van der Waals surface area contributed by atoms with E-state index in [0.717, 1.165) is 8.95 Å². The molecule has 0 atom stereocenters. The van der Waals surface area contributed by atoms with Crippen LogP contribution in [-0.4, -0.2) is 5.78 Å². The van der Waals surface area contributed by atoms with Gasteiger partial charge in [0.05, 0.1) is 0 Å². The molecule has 1 aromatic rings. The van der Waals surface area contributed by atoms with Crippen molar-refractivity contribution in [3.05, 3.63) is 33.2 Å². The predicted octanol–water partition coefficient (Wildman–Crippen LogP) is 3.81. The fourth-order valence-electron chi connectivity index (χ4n) is 0.439. The van der Waals surface area contributed by atoms with Gasteiger partial charge in [0.15, 0.2) is 0 Å². The van der Waals surface area contributed by atoms with Gasteiger partial charge < -0.3 is 4.79 Å².